The third-order valence-corrected chi connectivity index (χ3v) is 3.95. The summed E-state index contributed by atoms with van der Waals surface area (Å²) in [5, 5.41) is 18.7. The standard InChI is InChI=1S/C16H18BNO5/c1-21-14-8-12(17(19)20)7-10-3-5-13(23-16(10)14)11-4-6-15(22-2)18-9-11/h4,6-9,13,19-20H,3,5H2,1-2H3. The zero-order valence-corrected chi connectivity index (χ0v) is 13.0. The first-order chi connectivity index (χ1) is 11.1. The van der Waals surface area contributed by atoms with Crippen molar-refractivity contribution in [2.45, 2.75) is 18.9 Å². The summed E-state index contributed by atoms with van der Waals surface area (Å²) in [5.74, 6) is 1.70. The molecule has 2 N–H and O–H groups in total. The van der Waals surface area contributed by atoms with Crippen molar-refractivity contribution in [1.82, 2.24) is 4.98 Å². The Morgan fingerprint density at radius 2 is 2.04 bits per heavy atom. The quantitative estimate of drug-likeness (QED) is 0.814. The zero-order chi connectivity index (χ0) is 16.4. The number of aromatic nitrogens is 1. The topological polar surface area (TPSA) is 81.0 Å². The van der Waals surface area contributed by atoms with Crippen molar-refractivity contribution in [3.05, 3.63) is 41.6 Å². The van der Waals surface area contributed by atoms with Gasteiger partial charge in [-0.15, -0.1) is 0 Å². The summed E-state index contributed by atoms with van der Waals surface area (Å²) < 4.78 is 16.5. The summed E-state index contributed by atoms with van der Waals surface area (Å²) in [5.41, 5.74) is 2.27. The Hall–Kier alpha value is -2.25. The number of methoxy groups -OCH3 is 2. The van der Waals surface area contributed by atoms with E-state index in [1.165, 1.54) is 7.11 Å². The fourth-order valence-corrected chi connectivity index (χ4v) is 2.73. The molecule has 3 rings (SSSR count). The van der Waals surface area contributed by atoms with Crippen LogP contribution in [0.25, 0.3) is 0 Å². The molecule has 0 radical (unpaired) electrons. The van der Waals surface area contributed by atoms with Gasteiger partial charge in [0, 0.05) is 17.8 Å². The number of nitrogens with zero attached hydrogens (tertiary/aromatic N) is 1. The first-order valence-electron chi connectivity index (χ1n) is 7.36. The summed E-state index contributed by atoms with van der Waals surface area (Å²) in [6, 6.07) is 7.06. The molecule has 0 bridgehead atoms. The molecule has 23 heavy (non-hydrogen) atoms. The van der Waals surface area contributed by atoms with E-state index < -0.39 is 7.12 Å². The number of aryl methyl sites for hydroxylation is 1. The Bertz CT molecular complexity index is 672. The van der Waals surface area contributed by atoms with Crippen LogP contribution in [0.1, 0.15) is 23.7 Å². The lowest BCUT2D eigenvalue weighted by atomic mass is 9.78. The molecule has 0 spiro atoms. The van der Waals surface area contributed by atoms with Gasteiger partial charge in [-0.3, -0.25) is 0 Å². The Balaban J connectivity index is 1.90. The van der Waals surface area contributed by atoms with Gasteiger partial charge in [-0.25, -0.2) is 4.98 Å². The third kappa shape index (κ3) is 3.11. The SMILES string of the molecule is COc1ccc(C2CCc3cc(B(O)O)cc(OC)c3O2)cn1. The number of hydrogen-bond donors (Lipinski definition) is 2. The molecule has 1 atom stereocenters. The van der Waals surface area contributed by atoms with E-state index >= 15 is 0 Å². The van der Waals surface area contributed by atoms with Crippen LogP contribution in [0.4, 0.5) is 0 Å². The monoisotopic (exact) mass is 315 g/mol. The molecule has 0 aliphatic carbocycles. The lowest BCUT2D eigenvalue weighted by Crippen LogP contribution is -2.31. The van der Waals surface area contributed by atoms with Gasteiger partial charge in [0.25, 0.3) is 0 Å². The van der Waals surface area contributed by atoms with E-state index in [-0.39, 0.29) is 6.10 Å². The van der Waals surface area contributed by atoms with E-state index in [9.17, 15) is 10.0 Å². The summed E-state index contributed by atoms with van der Waals surface area (Å²) in [6.45, 7) is 0. The van der Waals surface area contributed by atoms with Crippen LogP contribution in [0, 0.1) is 0 Å². The Kier molecular flexibility index (Phi) is 4.41. The molecule has 1 aliphatic heterocycles. The number of pyridine rings is 1. The number of benzene rings is 1. The van der Waals surface area contributed by atoms with Gasteiger partial charge in [0.1, 0.15) is 6.10 Å². The zero-order valence-electron chi connectivity index (χ0n) is 13.0. The maximum Gasteiger partial charge on any atom is 0.488 e. The summed E-state index contributed by atoms with van der Waals surface area (Å²) in [4.78, 5) is 4.21. The predicted molar refractivity (Wildman–Crippen MR) is 85.3 cm³/mol. The molecule has 1 aliphatic rings. The lowest BCUT2D eigenvalue weighted by Gasteiger charge is -2.28. The minimum absolute atomic E-state index is 0.125. The van der Waals surface area contributed by atoms with Gasteiger partial charge in [0.2, 0.25) is 5.88 Å². The molecule has 7 heteroatoms. The molecule has 0 saturated carbocycles. The molecule has 2 aromatic rings. The van der Waals surface area contributed by atoms with E-state index in [4.69, 9.17) is 14.2 Å². The summed E-state index contributed by atoms with van der Waals surface area (Å²) in [6.07, 6.45) is 3.14. The average Bonchev–Trinajstić information content (AvgIpc) is 2.60. The molecule has 120 valence electrons. The first kappa shape index (κ1) is 15.6. The van der Waals surface area contributed by atoms with Crippen molar-refractivity contribution < 1.29 is 24.3 Å². The Labute approximate surface area is 134 Å². The van der Waals surface area contributed by atoms with Crippen LogP contribution in [0.2, 0.25) is 0 Å². The third-order valence-electron chi connectivity index (χ3n) is 3.95. The van der Waals surface area contributed by atoms with Crippen molar-refractivity contribution in [1.29, 1.82) is 0 Å². The molecule has 2 heterocycles. The molecule has 0 amide bonds. The van der Waals surface area contributed by atoms with Gasteiger partial charge in [0.05, 0.1) is 14.2 Å². The second-order valence-corrected chi connectivity index (χ2v) is 5.36. The summed E-state index contributed by atoms with van der Waals surface area (Å²) in [7, 11) is 1.58. The van der Waals surface area contributed by atoms with E-state index in [2.05, 4.69) is 4.98 Å². The predicted octanol–water partition coefficient (Wildman–Crippen LogP) is 0.845. The highest BCUT2D eigenvalue weighted by Gasteiger charge is 2.27. The fourth-order valence-electron chi connectivity index (χ4n) is 2.73. The highest BCUT2D eigenvalue weighted by Crippen LogP contribution is 2.40. The Morgan fingerprint density at radius 1 is 1.22 bits per heavy atom. The number of rotatable bonds is 4. The molecular formula is C16H18BNO5. The maximum atomic E-state index is 9.36. The summed E-state index contributed by atoms with van der Waals surface area (Å²) >= 11 is 0. The lowest BCUT2D eigenvalue weighted by molar-refractivity contribution is 0.168. The Morgan fingerprint density at radius 3 is 2.65 bits per heavy atom. The van der Waals surface area contributed by atoms with Crippen LogP contribution in [-0.2, 0) is 6.42 Å². The van der Waals surface area contributed by atoms with E-state index in [1.807, 2.05) is 6.07 Å². The number of hydrogen-bond acceptors (Lipinski definition) is 6. The molecular weight excluding hydrogens is 297 g/mol. The fraction of sp³-hybridized carbons (Fsp3) is 0.312. The highest BCUT2D eigenvalue weighted by atomic mass is 16.5. The van der Waals surface area contributed by atoms with Crippen molar-refractivity contribution in [3.8, 4) is 17.4 Å². The van der Waals surface area contributed by atoms with Gasteiger partial charge >= 0.3 is 7.12 Å². The van der Waals surface area contributed by atoms with Gasteiger partial charge in [-0.05, 0) is 36.0 Å². The molecule has 0 fully saturated rings. The van der Waals surface area contributed by atoms with E-state index in [0.29, 0.717) is 22.8 Å². The first-order valence-corrected chi connectivity index (χ1v) is 7.36. The van der Waals surface area contributed by atoms with Crippen molar-refractivity contribution in [3.63, 3.8) is 0 Å². The van der Waals surface area contributed by atoms with Gasteiger partial charge in [0.15, 0.2) is 11.5 Å². The van der Waals surface area contributed by atoms with Crippen molar-refractivity contribution in [2.75, 3.05) is 14.2 Å². The molecule has 1 unspecified atom stereocenters. The molecule has 1 aromatic heterocycles. The number of ether oxygens (including phenoxy) is 3. The average molecular weight is 315 g/mol. The smallest absolute Gasteiger partial charge is 0.488 e. The van der Waals surface area contributed by atoms with E-state index in [1.54, 1.807) is 31.5 Å². The van der Waals surface area contributed by atoms with Crippen molar-refractivity contribution in [2.24, 2.45) is 0 Å². The highest BCUT2D eigenvalue weighted by molar-refractivity contribution is 6.58. The van der Waals surface area contributed by atoms with Crippen LogP contribution >= 0.6 is 0 Å². The molecule has 6 nitrogen and oxygen atoms in total. The second-order valence-electron chi connectivity index (χ2n) is 5.36. The van der Waals surface area contributed by atoms with Crippen LogP contribution in [-0.4, -0.2) is 36.4 Å². The minimum Gasteiger partial charge on any atom is -0.493 e. The largest absolute Gasteiger partial charge is 0.493 e. The minimum atomic E-state index is -1.53. The van der Waals surface area contributed by atoms with Crippen LogP contribution in [0.15, 0.2) is 30.5 Å². The number of fused-ring (bicyclic) bond motifs is 1. The maximum absolute atomic E-state index is 9.36. The van der Waals surface area contributed by atoms with Gasteiger partial charge in [-0.1, -0.05) is 6.07 Å². The van der Waals surface area contributed by atoms with Gasteiger partial charge in [-0.2, -0.15) is 0 Å². The second kappa shape index (κ2) is 6.48. The molecule has 1 aromatic carbocycles. The molecule has 0 saturated heterocycles. The van der Waals surface area contributed by atoms with Gasteiger partial charge < -0.3 is 24.3 Å². The van der Waals surface area contributed by atoms with Crippen LogP contribution in [0.5, 0.6) is 17.4 Å². The van der Waals surface area contributed by atoms with Crippen molar-refractivity contribution >= 4 is 12.6 Å². The van der Waals surface area contributed by atoms with E-state index in [0.717, 1.165) is 24.0 Å². The van der Waals surface area contributed by atoms with Crippen LogP contribution < -0.4 is 19.7 Å². The van der Waals surface area contributed by atoms with Crippen LogP contribution in [0.3, 0.4) is 0 Å². The normalized spacial score (nSPS) is 16.3.